The topological polar surface area (TPSA) is 44.7 Å². The van der Waals surface area contributed by atoms with Crippen LogP contribution in [-0.4, -0.2) is 23.5 Å². The first-order valence-corrected chi connectivity index (χ1v) is 8.31. The van der Waals surface area contributed by atoms with Crippen LogP contribution in [0.4, 0.5) is 5.69 Å². The van der Waals surface area contributed by atoms with Crippen LogP contribution in [0.15, 0.2) is 58.4 Å². The lowest BCUT2D eigenvalue weighted by atomic mass is 10.1. The number of benzene rings is 2. The fraction of sp³-hybridized carbons (Fsp3) is 0.125. The fourth-order valence-corrected chi connectivity index (χ4v) is 3.09. The maximum Gasteiger partial charge on any atom is 0.275 e. The average Bonchev–Trinajstić information content (AvgIpc) is 2.88. The van der Waals surface area contributed by atoms with E-state index in [1.165, 1.54) is 11.3 Å². The Hall–Kier alpha value is -1.98. The van der Waals surface area contributed by atoms with Crippen LogP contribution in [0.1, 0.15) is 11.6 Å². The smallest absolute Gasteiger partial charge is 0.275 e. The lowest BCUT2D eigenvalue weighted by Crippen LogP contribution is -2.33. The van der Waals surface area contributed by atoms with E-state index in [1.54, 1.807) is 23.9 Å². The Morgan fingerprint density at radius 2 is 2.05 bits per heavy atom. The summed E-state index contributed by atoms with van der Waals surface area (Å²) in [5.74, 6) is -0.110. The summed E-state index contributed by atoms with van der Waals surface area (Å²) < 4.78 is 0. The molecule has 22 heavy (non-hydrogen) atoms. The van der Waals surface area contributed by atoms with Gasteiger partial charge in [0.15, 0.2) is 6.04 Å². The number of thioether (sulfide) groups is 1. The van der Waals surface area contributed by atoms with E-state index in [9.17, 15) is 4.79 Å². The number of hydrogen-bond donors (Lipinski definition) is 1. The summed E-state index contributed by atoms with van der Waals surface area (Å²) in [6.07, 6.45) is 3.51. The quantitative estimate of drug-likeness (QED) is 0.861. The molecular weight excluding hydrogens is 318 g/mol. The monoisotopic (exact) mass is 331 g/mol. The minimum atomic E-state index is -0.504. The van der Waals surface area contributed by atoms with Gasteiger partial charge in [-0.15, -0.1) is 11.8 Å². The number of hydrazine groups is 1. The summed E-state index contributed by atoms with van der Waals surface area (Å²) in [4.78, 5) is 18.0. The van der Waals surface area contributed by atoms with Crippen LogP contribution >= 0.6 is 23.4 Å². The van der Waals surface area contributed by atoms with Crippen LogP contribution in [0, 0.1) is 0 Å². The van der Waals surface area contributed by atoms with Crippen molar-refractivity contribution in [1.82, 2.24) is 5.01 Å². The summed E-state index contributed by atoms with van der Waals surface area (Å²) in [7, 11) is 0. The third kappa shape index (κ3) is 2.96. The van der Waals surface area contributed by atoms with E-state index in [0.717, 1.165) is 16.1 Å². The molecule has 1 heterocycles. The van der Waals surface area contributed by atoms with Gasteiger partial charge >= 0.3 is 0 Å². The molecule has 2 aromatic carbocycles. The maximum absolute atomic E-state index is 12.6. The van der Waals surface area contributed by atoms with Crippen molar-refractivity contribution in [2.24, 2.45) is 4.99 Å². The molecule has 0 saturated carbocycles. The Morgan fingerprint density at radius 1 is 1.23 bits per heavy atom. The summed E-state index contributed by atoms with van der Waals surface area (Å²) in [5.41, 5.74) is 4.68. The van der Waals surface area contributed by atoms with E-state index in [4.69, 9.17) is 11.6 Å². The van der Waals surface area contributed by atoms with E-state index in [1.807, 2.05) is 42.7 Å². The molecule has 0 fully saturated rings. The molecule has 112 valence electrons. The second-order valence-corrected chi connectivity index (χ2v) is 6.02. The van der Waals surface area contributed by atoms with Gasteiger partial charge in [0.25, 0.3) is 5.91 Å². The average molecular weight is 332 g/mol. The number of halogens is 1. The zero-order valence-corrected chi connectivity index (χ0v) is 13.4. The van der Waals surface area contributed by atoms with Gasteiger partial charge in [0.1, 0.15) is 6.34 Å². The van der Waals surface area contributed by atoms with Crippen molar-refractivity contribution in [2.75, 3.05) is 11.7 Å². The highest BCUT2D eigenvalue weighted by Crippen LogP contribution is 2.31. The molecule has 0 aliphatic carbocycles. The molecule has 4 nitrogen and oxygen atoms in total. The molecular formula is C16H14ClN3OS. The van der Waals surface area contributed by atoms with Crippen molar-refractivity contribution in [3.63, 3.8) is 0 Å². The van der Waals surface area contributed by atoms with Crippen LogP contribution in [0.3, 0.4) is 0 Å². The number of anilines is 1. The van der Waals surface area contributed by atoms with Gasteiger partial charge in [-0.25, -0.2) is 5.01 Å². The Kier molecular flexibility index (Phi) is 4.36. The first kappa shape index (κ1) is 14.9. The fourth-order valence-electron chi connectivity index (χ4n) is 2.27. The van der Waals surface area contributed by atoms with Gasteiger partial charge in [0.2, 0.25) is 0 Å². The summed E-state index contributed by atoms with van der Waals surface area (Å²) in [5, 5.41) is 2.01. The molecule has 0 spiro atoms. The zero-order chi connectivity index (χ0) is 15.5. The predicted octanol–water partition coefficient (Wildman–Crippen LogP) is 4.00. The summed E-state index contributed by atoms with van der Waals surface area (Å²) in [6.45, 7) is 0. The second kappa shape index (κ2) is 6.42. The van der Waals surface area contributed by atoms with Gasteiger partial charge in [-0.3, -0.25) is 15.2 Å². The zero-order valence-electron chi connectivity index (χ0n) is 11.9. The molecule has 6 heteroatoms. The lowest BCUT2D eigenvalue weighted by molar-refractivity contribution is -0.126. The third-order valence-corrected chi connectivity index (χ3v) is 4.36. The summed E-state index contributed by atoms with van der Waals surface area (Å²) in [6, 6.07) is 14.5. The van der Waals surface area contributed by atoms with Crippen LogP contribution < -0.4 is 5.43 Å². The highest BCUT2D eigenvalue weighted by atomic mass is 35.5. The number of nitrogens with zero attached hydrogens (tertiary/aromatic N) is 2. The van der Waals surface area contributed by atoms with Crippen LogP contribution in [0.25, 0.3) is 0 Å². The van der Waals surface area contributed by atoms with Crippen molar-refractivity contribution >= 4 is 41.3 Å². The van der Waals surface area contributed by atoms with Gasteiger partial charge < -0.3 is 0 Å². The molecule has 1 atom stereocenters. The first-order chi connectivity index (χ1) is 10.7. The minimum Gasteiger partial charge on any atom is -0.290 e. The third-order valence-electron chi connectivity index (χ3n) is 3.31. The molecule has 1 N–H and O–H groups in total. The van der Waals surface area contributed by atoms with Crippen LogP contribution in [0.2, 0.25) is 5.02 Å². The highest BCUT2D eigenvalue weighted by molar-refractivity contribution is 7.98. The van der Waals surface area contributed by atoms with Crippen molar-refractivity contribution in [2.45, 2.75) is 10.9 Å². The van der Waals surface area contributed by atoms with E-state index >= 15 is 0 Å². The molecule has 1 unspecified atom stereocenters. The molecule has 3 rings (SSSR count). The van der Waals surface area contributed by atoms with Gasteiger partial charge in [0.05, 0.1) is 5.69 Å². The largest absolute Gasteiger partial charge is 0.290 e. The minimum absolute atomic E-state index is 0.110. The van der Waals surface area contributed by atoms with Gasteiger partial charge in [0, 0.05) is 9.92 Å². The molecule has 1 aliphatic rings. The standard InChI is InChI=1S/C16H14ClN3OS/c1-22-14-8-3-2-7-13(14)15-16(21)20(10-18-15)19-12-6-4-5-11(17)9-12/h2-10,15,19H,1H3. The number of carbonyl (C=O) groups excluding carboxylic acids is 1. The van der Waals surface area contributed by atoms with Gasteiger partial charge in [-0.2, -0.15) is 0 Å². The number of rotatable bonds is 4. The molecule has 2 aromatic rings. The Balaban J connectivity index is 1.79. The van der Waals surface area contributed by atoms with Gasteiger partial charge in [-0.1, -0.05) is 35.9 Å². The number of carbonyl (C=O) groups is 1. The normalized spacial score (nSPS) is 17.1. The van der Waals surface area contributed by atoms with E-state index in [0.29, 0.717) is 5.02 Å². The van der Waals surface area contributed by atoms with Crippen LogP contribution in [-0.2, 0) is 4.79 Å². The van der Waals surface area contributed by atoms with Crippen molar-refractivity contribution < 1.29 is 4.79 Å². The van der Waals surface area contributed by atoms with Crippen LogP contribution in [0.5, 0.6) is 0 Å². The van der Waals surface area contributed by atoms with Gasteiger partial charge in [-0.05, 0) is 36.1 Å². The van der Waals surface area contributed by atoms with E-state index in [2.05, 4.69) is 10.4 Å². The molecule has 0 radical (unpaired) electrons. The Labute approximate surface area is 138 Å². The Morgan fingerprint density at radius 3 is 2.82 bits per heavy atom. The number of amides is 1. The van der Waals surface area contributed by atoms with Crippen molar-refractivity contribution in [1.29, 1.82) is 0 Å². The molecule has 1 amide bonds. The summed E-state index contributed by atoms with van der Waals surface area (Å²) >= 11 is 7.56. The Bertz CT molecular complexity index is 735. The van der Waals surface area contributed by atoms with Crippen molar-refractivity contribution in [3.8, 4) is 0 Å². The van der Waals surface area contributed by atoms with E-state index in [-0.39, 0.29) is 5.91 Å². The predicted molar refractivity (Wildman–Crippen MR) is 91.4 cm³/mol. The molecule has 0 saturated heterocycles. The SMILES string of the molecule is CSc1ccccc1C1N=CN(Nc2cccc(Cl)c2)C1=O. The lowest BCUT2D eigenvalue weighted by Gasteiger charge is -2.18. The van der Waals surface area contributed by atoms with E-state index < -0.39 is 6.04 Å². The molecule has 0 bridgehead atoms. The molecule has 0 aromatic heterocycles. The number of hydrogen-bond acceptors (Lipinski definition) is 4. The second-order valence-electron chi connectivity index (χ2n) is 4.74. The highest BCUT2D eigenvalue weighted by Gasteiger charge is 2.31. The maximum atomic E-state index is 12.6. The first-order valence-electron chi connectivity index (χ1n) is 6.70. The van der Waals surface area contributed by atoms with Crippen molar-refractivity contribution in [3.05, 3.63) is 59.1 Å². The molecule has 1 aliphatic heterocycles. The number of aliphatic imine (C=N–C) groups is 1. The number of nitrogens with one attached hydrogen (secondary N) is 1.